The molecule has 1 N–H and O–H groups in total. The molecule has 0 atom stereocenters. The Kier molecular flexibility index (Phi) is 7.76. The number of hydrogen-bond donors (Lipinski definition) is 1. The van der Waals surface area contributed by atoms with Gasteiger partial charge in [-0.15, -0.1) is 0 Å². The van der Waals surface area contributed by atoms with E-state index in [9.17, 15) is 18.4 Å². The second-order valence-corrected chi connectivity index (χ2v) is 11.3. The molecule has 0 spiro atoms. The Labute approximate surface area is 241 Å². The zero-order chi connectivity index (χ0) is 30.2. The van der Waals surface area contributed by atoms with Gasteiger partial charge in [-0.25, -0.2) is 33.5 Å². The van der Waals surface area contributed by atoms with Crippen molar-refractivity contribution >= 4 is 34.8 Å². The molecule has 0 aliphatic carbocycles. The number of nitrogens with zero attached hydrogens (tertiary/aromatic N) is 7. The maximum atomic E-state index is 14.9. The Bertz CT molecular complexity index is 1620. The number of nitrogens with one attached hydrogen (secondary N) is 1. The molecule has 4 aromatic heterocycles. The number of amides is 2. The second kappa shape index (κ2) is 11.3. The maximum Gasteiger partial charge on any atom is 0.410 e. The highest BCUT2D eigenvalue weighted by Crippen LogP contribution is 2.33. The zero-order valence-corrected chi connectivity index (χ0v) is 24.1. The number of fused-ring (bicyclic) bond motifs is 1. The minimum absolute atomic E-state index is 0.000907. The molecule has 5 heterocycles. The first kappa shape index (κ1) is 28.8. The number of pyridine rings is 2. The lowest BCUT2D eigenvalue weighted by atomic mass is 10.1. The molecule has 4 aromatic rings. The molecule has 1 fully saturated rings. The molecule has 1 aliphatic rings. The second-order valence-electron chi connectivity index (χ2n) is 11.3. The standard InChI is InChI=1S/C29H32F2N8O3/c1-17(2)39-16-21(20-12-19(30)14-33-25(20)39)24-22(31)15-34-27(36-24)35-23-7-6-18(13-32-23)26(40)37-8-10-38(11-9-37)28(41)42-29(3,4)5/h6-7,12-17H,8-11H2,1-5H3,(H,32,34,35,36). The third-order valence-electron chi connectivity index (χ3n) is 6.66. The van der Waals surface area contributed by atoms with Crippen molar-refractivity contribution in [1.82, 2.24) is 34.3 Å². The Balaban J connectivity index is 1.28. The van der Waals surface area contributed by atoms with Gasteiger partial charge in [-0.3, -0.25) is 4.79 Å². The van der Waals surface area contributed by atoms with Gasteiger partial charge in [0, 0.05) is 55.6 Å². The average molecular weight is 579 g/mol. The van der Waals surface area contributed by atoms with Gasteiger partial charge < -0.3 is 24.4 Å². The van der Waals surface area contributed by atoms with E-state index in [0.29, 0.717) is 54.2 Å². The van der Waals surface area contributed by atoms with Crippen LogP contribution in [0.1, 0.15) is 51.0 Å². The van der Waals surface area contributed by atoms with Crippen molar-refractivity contribution in [3.8, 4) is 11.3 Å². The minimum Gasteiger partial charge on any atom is -0.444 e. The summed E-state index contributed by atoms with van der Waals surface area (Å²) in [4.78, 5) is 45.4. The van der Waals surface area contributed by atoms with Gasteiger partial charge in [0.1, 0.15) is 28.6 Å². The fourth-order valence-corrected chi connectivity index (χ4v) is 4.61. The van der Waals surface area contributed by atoms with Crippen LogP contribution in [0, 0.1) is 11.6 Å². The van der Waals surface area contributed by atoms with Crippen molar-refractivity contribution in [2.75, 3.05) is 31.5 Å². The van der Waals surface area contributed by atoms with Crippen LogP contribution in [0.3, 0.4) is 0 Å². The van der Waals surface area contributed by atoms with Crippen molar-refractivity contribution in [3.63, 3.8) is 0 Å². The number of carbonyl (C=O) groups is 2. The quantitative estimate of drug-likeness (QED) is 0.344. The third kappa shape index (κ3) is 6.14. The Morgan fingerprint density at radius 2 is 1.69 bits per heavy atom. The molecule has 13 heteroatoms. The Morgan fingerprint density at radius 3 is 2.33 bits per heavy atom. The summed E-state index contributed by atoms with van der Waals surface area (Å²) in [7, 11) is 0. The van der Waals surface area contributed by atoms with Crippen molar-refractivity contribution in [3.05, 3.63) is 60.2 Å². The first-order valence-corrected chi connectivity index (χ1v) is 13.6. The third-order valence-corrected chi connectivity index (χ3v) is 6.66. The first-order chi connectivity index (χ1) is 19.9. The molecular formula is C29H32F2N8O3. The highest BCUT2D eigenvalue weighted by atomic mass is 19.1. The fourth-order valence-electron chi connectivity index (χ4n) is 4.61. The molecule has 1 saturated heterocycles. The van der Waals surface area contributed by atoms with Crippen LogP contribution in [0.2, 0.25) is 0 Å². The largest absolute Gasteiger partial charge is 0.444 e. The normalized spacial score (nSPS) is 14.0. The van der Waals surface area contributed by atoms with Gasteiger partial charge in [0.15, 0.2) is 5.82 Å². The van der Waals surface area contributed by atoms with E-state index in [0.717, 1.165) is 12.4 Å². The molecule has 0 radical (unpaired) electrons. The summed E-state index contributed by atoms with van der Waals surface area (Å²) < 4.78 is 36.2. The Hall–Kier alpha value is -4.68. The van der Waals surface area contributed by atoms with Gasteiger partial charge in [-0.05, 0) is 52.8 Å². The van der Waals surface area contributed by atoms with E-state index in [1.165, 1.54) is 12.3 Å². The number of anilines is 2. The van der Waals surface area contributed by atoms with Crippen molar-refractivity contribution < 1.29 is 23.1 Å². The number of hydrogen-bond acceptors (Lipinski definition) is 8. The predicted molar refractivity (Wildman–Crippen MR) is 152 cm³/mol. The van der Waals surface area contributed by atoms with Crippen LogP contribution in [-0.2, 0) is 4.74 Å². The lowest BCUT2D eigenvalue weighted by molar-refractivity contribution is 0.0141. The van der Waals surface area contributed by atoms with Gasteiger partial charge in [-0.2, -0.15) is 0 Å². The number of rotatable bonds is 5. The molecular weight excluding hydrogens is 546 g/mol. The van der Waals surface area contributed by atoms with Gasteiger partial charge in [-0.1, -0.05) is 0 Å². The summed E-state index contributed by atoms with van der Waals surface area (Å²) in [6.07, 6.45) is 4.89. The van der Waals surface area contributed by atoms with E-state index in [-0.39, 0.29) is 23.6 Å². The fraction of sp³-hybridized carbons (Fsp3) is 0.379. The molecule has 220 valence electrons. The van der Waals surface area contributed by atoms with Gasteiger partial charge in [0.2, 0.25) is 5.95 Å². The van der Waals surface area contributed by atoms with Crippen LogP contribution in [0.4, 0.5) is 25.3 Å². The summed E-state index contributed by atoms with van der Waals surface area (Å²) in [5.41, 5.74) is 0.679. The van der Waals surface area contributed by atoms with Crippen molar-refractivity contribution in [1.29, 1.82) is 0 Å². The smallest absolute Gasteiger partial charge is 0.410 e. The zero-order valence-electron chi connectivity index (χ0n) is 24.1. The van der Waals surface area contributed by atoms with Gasteiger partial charge >= 0.3 is 6.09 Å². The van der Waals surface area contributed by atoms with E-state index >= 15 is 0 Å². The molecule has 1 aliphatic heterocycles. The van der Waals surface area contributed by atoms with Crippen molar-refractivity contribution in [2.45, 2.75) is 46.3 Å². The van der Waals surface area contributed by atoms with Crippen LogP contribution in [0.5, 0.6) is 0 Å². The summed E-state index contributed by atoms with van der Waals surface area (Å²) in [6.45, 7) is 10.8. The molecule has 0 aromatic carbocycles. The Morgan fingerprint density at radius 1 is 0.976 bits per heavy atom. The SMILES string of the molecule is CC(C)n1cc(-c2nc(Nc3ccc(C(=O)N4CCN(C(=O)OC(C)(C)C)CC4)cn3)ncc2F)c2cc(F)cnc21. The van der Waals surface area contributed by atoms with E-state index in [2.05, 4.69) is 25.3 Å². The van der Waals surface area contributed by atoms with Crippen LogP contribution in [-0.4, -0.2) is 78.1 Å². The lowest BCUT2D eigenvalue weighted by Crippen LogP contribution is -2.51. The first-order valence-electron chi connectivity index (χ1n) is 13.6. The van der Waals surface area contributed by atoms with E-state index < -0.39 is 23.3 Å². The topological polar surface area (TPSA) is 118 Å². The number of piperazine rings is 1. The summed E-state index contributed by atoms with van der Waals surface area (Å²) in [5, 5.41) is 3.36. The van der Waals surface area contributed by atoms with Gasteiger partial charge in [0.25, 0.3) is 5.91 Å². The molecule has 2 amide bonds. The maximum absolute atomic E-state index is 14.9. The number of carbonyl (C=O) groups excluding carboxylic acids is 2. The molecule has 5 rings (SSSR count). The van der Waals surface area contributed by atoms with E-state index in [1.807, 2.05) is 39.2 Å². The number of halogens is 2. The summed E-state index contributed by atoms with van der Waals surface area (Å²) >= 11 is 0. The number of aromatic nitrogens is 5. The molecule has 0 bridgehead atoms. The number of ether oxygens (including phenoxy) is 1. The van der Waals surface area contributed by atoms with Crippen molar-refractivity contribution in [2.24, 2.45) is 0 Å². The summed E-state index contributed by atoms with van der Waals surface area (Å²) in [6, 6.07) is 4.52. The predicted octanol–water partition coefficient (Wildman–Crippen LogP) is 5.18. The van der Waals surface area contributed by atoms with Crippen LogP contribution in [0.15, 0.2) is 43.0 Å². The van der Waals surface area contributed by atoms with E-state index in [1.54, 1.807) is 28.1 Å². The van der Waals surface area contributed by atoms with Crippen LogP contribution >= 0.6 is 0 Å². The monoisotopic (exact) mass is 578 g/mol. The molecule has 0 unspecified atom stereocenters. The average Bonchev–Trinajstić information content (AvgIpc) is 3.32. The van der Waals surface area contributed by atoms with E-state index in [4.69, 9.17) is 4.74 Å². The molecule has 0 saturated carbocycles. The lowest BCUT2D eigenvalue weighted by Gasteiger charge is -2.35. The molecule has 11 nitrogen and oxygen atoms in total. The van der Waals surface area contributed by atoms with Crippen LogP contribution < -0.4 is 5.32 Å². The highest BCUT2D eigenvalue weighted by molar-refractivity contribution is 5.94. The highest BCUT2D eigenvalue weighted by Gasteiger charge is 2.28. The summed E-state index contributed by atoms with van der Waals surface area (Å²) in [5.74, 6) is -1.00. The molecule has 42 heavy (non-hydrogen) atoms. The van der Waals surface area contributed by atoms with Gasteiger partial charge in [0.05, 0.1) is 18.0 Å². The minimum atomic E-state index is -0.673. The van der Waals surface area contributed by atoms with Crippen LogP contribution in [0.25, 0.3) is 22.3 Å².